The van der Waals surface area contributed by atoms with Crippen molar-refractivity contribution < 1.29 is 19.2 Å². The van der Waals surface area contributed by atoms with Crippen LogP contribution in [0.3, 0.4) is 0 Å². The Morgan fingerprint density at radius 3 is 2.39 bits per heavy atom. The molecule has 0 aliphatic carbocycles. The summed E-state index contributed by atoms with van der Waals surface area (Å²) in [5, 5.41) is 2.95. The van der Waals surface area contributed by atoms with Gasteiger partial charge in [0.05, 0.1) is 28.5 Å². The first-order valence-corrected chi connectivity index (χ1v) is 10.9. The number of aromatic amines is 1. The number of imide groups is 1. The van der Waals surface area contributed by atoms with Gasteiger partial charge in [0, 0.05) is 24.7 Å². The van der Waals surface area contributed by atoms with Gasteiger partial charge in [0.2, 0.25) is 5.91 Å². The second-order valence-electron chi connectivity index (χ2n) is 8.41. The van der Waals surface area contributed by atoms with Crippen molar-refractivity contribution in [2.75, 3.05) is 13.1 Å². The van der Waals surface area contributed by atoms with E-state index in [4.69, 9.17) is 0 Å². The second kappa shape index (κ2) is 8.16. The van der Waals surface area contributed by atoms with E-state index in [0.717, 1.165) is 15.9 Å². The highest BCUT2D eigenvalue weighted by Gasteiger charge is 2.41. The van der Waals surface area contributed by atoms with Crippen molar-refractivity contribution in [3.63, 3.8) is 0 Å². The van der Waals surface area contributed by atoms with Crippen molar-refractivity contribution in [2.24, 2.45) is 0 Å². The average Bonchev–Trinajstić information content (AvgIpc) is 3.41. The van der Waals surface area contributed by atoms with Crippen molar-refractivity contribution >= 4 is 34.7 Å². The predicted molar refractivity (Wildman–Crippen MR) is 120 cm³/mol. The van der Waals surface area contributed by atoms with Crippen LogP contribution in [0.5, 0.6) is 0 Å². The highest BCUT2D eigenvalue weighted by Crippen LogP contribution is 2.25. The molecule has 1 aromatic heterocycles. The van der Waals surface area contributed by atoms with E-state index in [1.165, 1.54) is 0 Å². The molecule has 2 N–H and O–H groups in total. The van der Waals surface area contributed by atoms with Crippen LogP contribution in [0.4, 0.5) is 0 Å². The molecule has 9 nitrogen and oxygen atoms in total. The smallest absolute Gasteiger partial charge is 0.262 e. The van der Waals surface area contributed by atoms with Crippen LogP contribution in [-0.4, -0.2) is 68.6 Å². The lowest BCUT2D eigenvalue weighted by molar-refractivity contribution is -0.125. The minimum atomic E-state index is -0.918. The highest BCUT2D eigenvalue weighted by molar-refractivity contribution is 6.22. The molecular weight excluding hydrogens is 422 g/mol. The molecule has 1 unspecified atom stereocenters. The Labute approximate surface area is 189 Å². The van der Waals surface area contributed by atoms with Crippen LogP contribution in [-0.2, 0) is 4.79 Å². The molecule has 2 aliphatic rings. The lowest BCUT2D eigenvalue weighted by Crippen LogP contribution is -2.53. The zero-order chi connectivity index (χ0) is 23.1. The first kappa shape index (κ1) is 20.9. The minimum Gasteiger partial charge on any atom is -0.351 e. The van der Waals surface area contributed by atoms with Gasteiger partial charge >= 0.3 is 0 Å². The van der Waals surface area contributed by atoms with Crippen molar-refractivity contribution in [3.05, 3.63) is 65.5 Å². The molecule has 1 fully saturated rings. The van der Waals surface area contributed by atoms with Crippen LogP contribution in [0.2, 0.25) is 0 Å². The molecule has 0 saturated carbocycles. The van der Waals surface area contributed by atoms with Crippen LogP contribution in [0.25, 0.3) is 11.0 Å². The Morgan fingerprint density at radius 1 is 1.06 bits per heavy atom. The number of benzene rings is 2. The number of hydrogen-bond acceptors (Lipinski definition) is 5. The number of H-pyrrole nitrogens is 1. The van der Waals surface area contributed by atoms with Gasteiger partial charge in [0.15, 0.2) is 0 Å². The van der Waals surface area contributed by atoms with E-state index in [9.17, 15) is 19.2 Å². The molecule has 1 atom stereocenters. The van der Waals surface area contributed by atoms with Gasteiger partial charge in [-0.15, -0.1) is 0 Å². The molecule has 0 bridgehead atoms. The molecule has 168 valence electrons. The summed E-state index contributed by atoms with van der Waals surface area (Å²) in [4.78, 5) is 61.0. The van der Waals surface area contributed by atoms with Gasteiger partial charge < -0.3 is 15.2 Å². The number of amides is 4. The van der Waals surface area contributed by atoms with Crippen LogP contribution < -0.4 is 5.32 Å². The Kier molecular flexibility index (Phi) is 5.16. The molecule has 0 radical (unpaired) electrons. The normalized spacial score (nSPS) is 17.4. The van der Waals surface area contributed by atoms with Crippen molar-refractivity contribution in [1.29, 1.82) is 0 Å². The molecule has 2 aromatic carbocycles. The number of nitrogens with one attached hydrogen (secondary N) is 2. The molecule has 1 saturated heterocycles. The molecule has 3 heterocycles. The van der Waals surface area contributed by atoms with E-state index in [2.05, 4.69) is 15.3 Å². The summed E-state index contributed by atoms with van der Waals surface area (Å²) in [5.74, 6) is -1.34. The molecular formula is C24H23N5O4. The quantitative estimate of drug-likeness (QED) is 0.596. The standard InChI is InChI=1S/C24H23N5O4/c1-14(29-23(32)17-4-2-3-5-18(17)24(29)33)21(30)27-16-8-10-28(11-9-16)22(31)15-6-7-19-20(12-15)26-13-25-19/h2-7,12-14,16H,8-11H2,1H3,(H,25,26)(H,27,30). The van der Waals surface area contributed by atoms with Crippen LogP contribution in [0.15, 0.2) is 48.8 Å². The third-order valence-corrected chi connectivity index (χ3v) is 6.39. The Morgan fingerprint density at radius 2 is 1.73 bits per heavy atom. The summed E-state index contributed by atoms with van der Waals surface area (Å²) < 4.78 is 0. The molecule has 3 aromatic rings. The maximum Gasteiger partial charge on any atom is 0.262 e. The van der Waals surface area contributed by atoms with Crippen molar-refractivity contribution in [3.8, 4) is 0 Å². The number of fused-ring (bicyclic) bond motifs is 2. The first-order chi connectivity index (χ1) is 15.9. The minimum absolute atomic E-state index is 0.0596. The summed E-state index contributed by atoms with van der Waals surface area (Å²) in [7, 11) is 0. The summed E-state index contributed by atoms with van der Waals surface area (Å²) in [6.07, 6.45) is 2.79. The predicted octanol–water partition coefficient (Wildman–Crippen LogP) is 1.97. The van der Waals surface area contributed by atoms with Gasteiger partial charge in [-0.25, -0.2) is 4.98 Å². The number of imidazole rings is 1. The summed E-state index contributed by atoms with van der Waals surface area (Å²) >= 11 is 0. The van der Waals surface area contributed by atoms with Crippen LogP contribution >= 0.6 is 0 Å². The Hall–Kier alpha value is -4.01. The lowest BCUT2D eigenvalue weighted by Gasteiger charge is -2.33. The third-order valence-electron chi connectivity index (χ3n) is 6.39. The number of likely N-dealkylation sites (tertiary alicyclic amines) is 1. The zero-order valence-electron chi connectivity index (χ0n) is 18.1. The molecule has 4 amide bonds. The number of hydrogen-bond donors (Lipinski definition) is 2. The van der Waals surface area contributed by atoms with E-state index < -0.39 is 17.9 Å². The number of piperidine rings is 1. The largest absolute Gasteiger partial charge is 0.351 e. The number of carbonyl (C=O) groups excluding carboxylic acids is 4. The van der Waals surface area contributed by atoms with Crippen molar-refractivity contribution in [1.82, 2.24) is 25.1 Å². The Balaban J connectivity index is 1.18. The maximum absolute atomic E-state index is 12.9. The van der Waals surface area contributed by atoms with E-state index in [1.54, 1.807) is 54.5 Å². The fourth-order valence-electron chi connectivity index (χ4n) is 4.48. The van der Waals surface area contributed by atoms with Gasteiger partial charge in [-0.2, -0.15) is 0 Å². The molecule has 5 rings (SSSR count). The van der Waals surface area contributed by atoms with Gasteiger partial charge in [-0.1, -0.05) is 12.1 Å². The van der Waals surface area contributed by atoms with Gasteiger partial charge in [0.25, 0.3) is 17.7 Å². The Bertz CT molecular complexity index is 1240. The number of rotatable bonds is 4. The first-order valence-electron chi connectivity index (χ1n) is 10.9. The fourth-order valence-corrected chi connectivity index (χ4v) is 4.48. The summed E-state index contributed by atoms with van der Waals surface area (Å²) in [6.45, 7) is 2.57. The SMILES string of the molecule is CC(C(=O)NC1CCN(C(=O)c2ccc3nc[nH]c3c2)CC1)N1C(=O)c2ccccc2C1=O. The number of nitrogens with zero attached hydrogens (tertiary/aromatic N) is 3. The summed E-state index contributed by atoms with van der Waals surface area (Å²) in [6, 6.07) is 10.9. The third kappa shape index (κ3) is 3.65. The van der Waals surface area contributed by atoms with E-state index >= 15 is 0 Å². The maximum atomic E-state index is 12.9. The van der Waals surface area contributed by atoms with Gasteiger partial charge in [-0.3, -0.25) is 24.1 Å². The van der Waals surface area contributed by atoms with E-state index in [-0.39, 0.29) is 17.9 Å². The van der Waals surface area contributed by atoms with Gasteiger partial charge in [0.1, 0.15) is 6.04 Å². The lowest BCUT2D eigenvalue weighted by atomic mass is 10.0. The van der Waals surface area contributed by atoms with E-state index in [0.29, 0.717) is 42.6 Å². The monoisotopic (exact) mass is 445 g/mol. The van der Waals surface area contributed by atoms with E-state index in [1.807, 2.05) is 6.07 Å². The molecule has 9 heteroatoms. The number of carbonyl (C=O) groups is 4. The molecule has 2 aliphatic heterocycles. The molecule has 33 heavy (non-hydrogen) atoms. The van der Waals surface area contributed by atoms with Crippen molar-refractivity contribution in [2.45, 2.75) is 31.8 Å². The fraction of sp³-hybridized carbons (Fsp3) is 0.292. The van der Waals surface area contributed by atoms with Gasteiger partial charge in [-0.05, 0) is 50.1 Å². The highest BCUT2D eigenvalue weighted by atomic mass is 16.2. The average molecular weight is 445 g/mol. The van der Waals surface area contributed by atoms with Crippen LogP contribution in [0, 0.1) is 0 Å². The molecule has 0 spiro atoms. The van der Waals surface area contributed by atoms with Crippen LogP contribution in [0.1, 0.15) is 50.8 Å². The number of aromatic nitrogens is 2. The second-order valence-corrected chi connectivity index (χ2v) is 8.41. The summed E-state index contributed by atoms with van der Waals surface area (Å²) in [5.41, 5.74) is 2.85. The zero-order valence-corrected chi connectivity index (χ0v) is 18.1. The topological polar surface area (TPSA) is 115 Å².